The van der Waals surface area contributed by atoms with Crippen LogP contribution in [0.15, 0.2) is 71.2 Å². The van der Waals surface area contributed by atoms with Crippen LogP contribution in [0.3, 0.4) is 0 Å². The molecule has 0 spiro atoms. The highest BCUT2D eigenvalue weighted by molar-refractivity contribution is 9.10. The number of hydrogen-bond acceptors (Lipinski definition) is 8. The first-order chi connectivity index (χ1) is 16.8. The molecule has 11 heteroatoms. The molecule has 10 nitrogen and oxygen atoms in total. The normalized spacial score (nSPS) is 21.4. The third-order valence-electron chi connectivity index (χ3n) is 6.06. The molecule has 0 unspecified atom stereocenters. The average molecular weight is 540 g/mol. The minimum absolute atomic E-state index is 0.0843. The number of ether oxygens (including phenoxy) is 1. The first kappa shape index (κ1) is 22.8. The monoisotopic (exact) mass is 539 g/mol. The summed E-state index contributed by atoms with van der Waals surface area (Å²) in [5, 5.41) is 22.6. The molecule has 3 atom stereocenters. The fraction of sp³-hybridized carbons (Fsp3) is 0.167. The fourth-order valence-corrected chi connectivity index (χ4v) is 4.69. The van der Waals surface area contributed by atoms with E-state index in [1.807, 2.05) is 0 Å². The molecule has 0 radical (unpaired) electrons. The Morgan fingerprint density at radius 2 is 1.66 bits per heavy atom. The van der Waals surface area contributed by atoms with Crippen molar-refractivity contribution in [3.8, 4) is 11.5 Å². The lowest BCUT2D eigenvalue weighted by molar-refractivity contribution is -0.384. The second-order valence-corrected chi connectivity index (χ2v) is 8.93. The van der Waals surface area contributed by atoms with Gasteiger partial charge in [0.25, 0.3) is 11.6 Å². The predicted octanol–water partition coefficient (Wildman–Crippen LogP) is 4.12. The highest BCUT2D eigenvalue weighted by atomic mass is 79.9. The Kier molecular flexibility index (Phi) is 5.65. The van der Waals surface area contributed by atoms with Crippen LogP contribution < -0.4 is 14.7 Å². The zero-order valence-corrected chi connectivity index (χ0v) is 19.8. The maximum atomic E-state index is 13.6. The summed E-state index contributed by atoms with van der Waals surface area (Å²) in [5.41, 5.74) is 1.30. The molecule has 5 rings (SSSR count). The number of nitro benzene ring substituents is 1. The molecule has 1 N–H and O–H groups in total. The lowest BCUT2D eigenvalue weighted by atomic mass is 9.90. The summed E-state index contributed by atoms with van der Waals surface area (Å²) in [6.07, 6.45) is -1.11. The smallest absolute Gasteiger partial charge is 0.269 e. The van der Waals surface area contributed by atoms with Crippen LogP contribution in [0.1, 0.15) is 11.6 Å². The number of nitrogens with zero attached hydrogens (tertiary/aromatic N) is 3. The van der Waals surface area contributed by atoms with Crippen molar-refractivity contribution in [3.05, 3.63) is 86.9 Å². The van der Waals surface area contributed by atoms with Crippen molar-refractivity contribution < 1.29 is 29.2 Å². The number of carbonyl (C=O) groups is 2. The second kappa shape index (κ2) is 8.67. The number of hydroxylamine groups is 1. The molecule has 0 aromatic heterocycles. The Bertz CT molecular complexity index is 1330. The largest absolute Gasteiger partial charge is 0.504 e. The van der Waals surface area contributed by atoms with E-state index in [0.717, 1.165) is 9.37 Å². The van der Waals surface area contributed by atoms with Crippen molar-refractivity contribution in [2.75, 3.05) is 17.1 Å². The van der Waals surface area contributed by atoms with Gasteiger partial charge >= 0.3 is 0 Å². The van der Waals surface area contributed by atoms with E-state index in [1.165, 1.54) is 42.5 Å². The van der Waals surface area contributed by atoms with Crippen molar-refractivity contribution in [3.63, 3.8) is 0 Å². The average Bonchev–Trinajstić information content (AvgIpc) is 3.36. The van der Waals surface area contributed by atoms with Gasteiger partial charge in [-0.3, -0.25) is 24.5 Å². The number of non-ortho nitro benzene ring substituents is 1. The van der Waals surface area contributed by atoms with E-state index in [0.29, 0.717) is 16.9 Å². The molecule has 2 saturated heterocycles. The van der Waals surface area contributed by atoms with Gasteiger partial charge < -0.3 is 9.84 Å². The maximum absolute atomic E-state index is 13.6. The quantitative estimate of drug-likeness (QED) is 0.291. The summed E-state index contributed by atoms with van der Waals surface area (Å²) >= 11 is 3.35. The zero-order chi connectivity index (χ0) is 24.9. The molecule has 2 heterocycles. The van der Waals surface area contributed by atoms with Crippen LogP contribution in [0.2, 0.25) is 0 Å². The topological polar surface area (TPSA) is 122 Å². The molecule has 3 aromatic rings. The lowest BCUT2D eigenvalue weighted by Crippen LogP contribution is -2.37. The molecular formula is C24H18BrN3O7. The molecule has 0 aliphatic carbocycles. The number of nitro groups is 1. The van der Waals surface area contributed by atoms with Crippen molar-refractivity contribution >= 4 is 44.8 Å². The van der Waals surface area contributed by atoms with E-state index in [1.54, 1.807) is 36.4 Å². The van der Waals surface area contributed by atoms with Gasteiger partial charge in [-0.15, -0.1) is 0 Å². The fourth-order valence-electron chi connectivity index (χ4n) is 4.42. The molecule has 2 fully saturated rings. The number of benzene rings is 3. The summed E-state index contributed by atoms with van der Waals surface area (Å²) < 4.78 is 6.04. The van der Waals surface area contributed by atoms with Crippen LogP contribution in [-0.2, 0) is 14.4 Å². The van der Waals surface area contributed by atoms with Gasteiger partial charge in [-0.25, -0.2) is 9.96 Å². The number of imide groups is 1. The van der Waals surface area contributed by atoms with E-state index in [2.05, 4.69) is 15.9 Å². The molecule has 2 amide bonds. The molecule has 2 aliphatic rings. The van der Waals surface area contributed by atoms with Crippen LogP contribution in [0, 0.1) is 16.0 Å². The maximum Gasteiger partial charge on any atom is 0.269 e. The van der Waals surface area contributed by atoms with Gasteiger partial charge in [0.1, 0.15) is 5.92 Å². The second-order valence-electron chi connectivity index (χ2n) is 8.02. The SMILES string of the molecule is COc1cc([C@@H]2[C@@H]3C(=O)N(c4ccc(Br)cc4)C(=O)[C@H]3ON2c2ccc([N+](=O)[O-])cc2)ccc1O. The number of hydrogen-bond donors (Lipinski definition) is 1. The predicted molar refractivity (Wildman–Crippen MR) is 128 cm³/mol. The van der Waals surface area contributed by atoms with Gasteiger partial charge in [0.2, 0.25) is 5.91 Å². The number of amides is 2. The van der Waals surface area contributed by atoms with E-state index >= 15 is 0 Å². The van der Waals surface area contributed by atoms with Gasteiger partial charge in [-0.1, -0.05) is 22.0 Å². The number of carbonyl (C=O) groups excluding carboxylic acids is 2. The van der Waals surface area contributed by atoms with Crippen LogP contribution in [-0.4, -0.2) is 35.1 Å². The van der Waals surface area contributed by atoms with E-state index in [-0.39, 0.29) is 17.2 Å². The van der Waals surface area contributed by atoms with Crippen LogP contribution in [0.4, 0.5) is 17.1 Å². The minimum Gasteiger partial charge on any atom is -0.504 e. The van der Waals surface area contributed by atoms with Gasteiger partial charge in [0.15, 0.2) is 17.6 Å². The number of anilines is 2. The number of fused-ring (bicyclic) bond motifs is 1. The first-order valence-corrected chi connectivity index (χ1v) is 11.3. The van der Waals surface area contributed by atoms with E-state index < -0.39 is 34.8 Å². The molecule has 0 saturated carbocycles. The molecule has 0 bridgehead atoms. The standard InChI is InChI=1S/C24H18BrN3O7/c1-34-19-12-13(2-11-18(19)29)21-20-22(35-27(21)16-7-9-17(10-8-16)28(32)33)24(31)26(23(20)30)15-5-3-14(25)4-6-15/h2-12,20-22,29H,1H3/t20-,21+,22-/m0/s1. The molecule has 3 aromatic carbocycles. The zero-order valence-electron chi connectivity index (χ0n) is 18.2. The molecule has 178 valence electrons. The number of rotatable bonds is 5. The Balaban J connectivity index is 1.59. The summed E-state index contributed by atoms with van der Waals surface area (Å²) in [5.74, 6) is -1.75. The van der Waals surface area contributed by atoms with Crippen molar-refractivity contribution in [2.24, 2.45) is 5.92 Å². The highest BCUT2D eigenvalue weighted by Crippen LogP contribution is 2.48. The van der Waals surface area contributed by atoms with Crippen LogP contribution in [0.5, 0.6) is 11.5 Å². The van der Waals surface area contributed by atoms with Gasteiger partial charge in [0.05, 0.1) is 29.4 Å². The molecule has 2 aliphatic heterocycles. The summed E-state index contributed by atoms with van der Waals surface area (Å²) in [6.45, 7) is 0. The third-order valence-corrected chi connectivity index (χ3v) is 6.59. The first-order valence-electron chi connectivity index (χ1n) is 10.5. The van der Waals surface area contributed by atoms with Crippen LogP contribution in [0.25, 0.3) is 0 Å². The van der Waals surface area contributed by atoms with Crippen molar-refractivity contribution in [2.45, 2.75) is 12.1 Å². The Morgan fingerprint density at radius 1 is 1.00 bits per heavy atom. The van der Waals surface area contributed by atoms with E-state index in [4.69, 9.17) is 9.57 Å². The number of methoxy groups -OCH3 is 1. The highest BCUT2D eigenvalue weighted by Gasteiger charge is 2.60. The number of aromatic hydroxyl groups is 1. The van der Waals surface area contributed by atoms with E-state index in [9.17, 15) is 24.8 Å². The minimum atomic E-state index is -1.11. The summed E-state index contributed by atoms with van der Waals surface area (Å²) in [6, 6.07) is 16.3. The number of phenols is 1. The van der Waals surface area contributed by atoms with Crippen LogP contribution >= 0.6 is 15.9 Å². The van der Waals surface area contributed by atoms with Gasteiger partial charge in [-0.2, -0.15) is 0 Å². The number of halogens is 1. The van der Waals surface area contributed by atoms with Gasteiger partial charge in [0, 0.05) is 16.6 Å². The van der Waals surface area contributed by atoms with Crippen molar-refractivity contribution in [1.29, 1.82) is 0 Å². The molecular weight excluding hydrogens is 522 g/mol. The molecule has 35 heavy (non-hydrogen) atoms. The Morgan fingerprint density at radius 3 is 2.29 bits per heavy atom. The third kappa shape index (κ3) is 3.78. The number of phenolic OH excluding ortho intramolecular Hbond substituents is 1. The van der Waals surface area contributed by atoms with Crippen molar-refractivity contribution in [1.82, 2.24) is 0 Å². The Hall–Kier alpha value is -3.96. The summed E-state index contributed by atoms with van der Waals surface area (Å²) in [7, 11) is 1.40. The summed E-state index contributed by atoms with van der Waals surface area (Å²) in [4.78, 5) is 44.7. The van der Waals surface area contributed by atoms with Gasteiger partial charge in [-0.05, 0) is 54.1 Å². The Labute approximate surface area is 207 Å². The lowest BCUT2D eigenvalue weighted by Gasteiger charge is -2.29.